The predicted molar refractivity (Wildman–Crippen MR) is 61.5 cm³/mol. The third-order valence-corrected chi connectivity index (χ3v) is 2.24. The summed E-state index contributed by atoms with van der Waals surface area (Å²) in [6.07, 6.45) is -4.69. The smallest absolute Gasteiger partial charge is 0.490 e. The average Bonchev–Trinajstić information content (AvgIpc) is 2.33. The molecule has 0 aliphatic heterocycles. The number of rotatable bonds is 5. The maximum absolute atomic E-state index is 11.7. The van der Waals surface area contributed by atoms with Crippen molar-refractivity contribution in [2.75, 3.05) is 13.2 Å². The van der Waals surface area contributed by atoms with Crippen molar-refractivity contribution in [2.45, 2.75) is 6.36 Å². The highest BCUT2D eigenvalue weighted by molar-refractivity contribution is 6.32. The molecule has 0 spiro atoms. The van der Waals surface area contributed by atoms with Crippen molar-refractivity contribution in [3.63, 3.8) is 0 Å². The lowest BCUT2D eigenvalue weighted by Gasteiger charge is -2.10. The van der Waals surface area contributed by atoms with Crippen LogP contribution in [0.15, 0.2) is 23.4 Å². The molecular weight excluding hydrogens is 289 g/mol. The first-order valence-corrected chi connectivity index (χ1v) is 5.32. The highest BCUT2D eigenvalue weighted by Gasteiger charge is 2.28. The molecule has 0 aromatic heterocycles. The third-order valence-electron chi connectivity index (χ3n) is 1.94. The van der Waals surface area contributed by atoms with Crippen LogP contribution in [0.5, 0.6) is 5.75 Å². The molecule has 0 saturated heterocycles. The highest BCUT2D eigenvalue weighted by Crippen LogP contribution is 2.25. The summed E-state index contributed by atoms with van der Waals surface area (Å²) in [5, 5.41) is 11.4. The second-order valence-corrected chi connectivity index (χ2v) is 3.68. The summed E-state index contributed by atoms with van der Waals surface area (Å²) < 4.78 is 43.6. The molecule has 106 valence electrons. The average molecular weight is 299 g/mol. The fourth-order valence-corrected chi connectivity index (χ4v) is 1.38. The van der Waals surface area contributed by atoms with Gasteiger partial charge in [0, 0.05) is 5.56 Å². The van der Waals surface area contributed by atoms with Crippen LogP contribution >= 0.6 is 11.6 Å². The molecule has 0 fully saturated rings. The molecule has 0 unspecified atom stereocenters. The zero-order valence-corrected chi connectivity index (χ0v) is 10.2. The van der Waals surface area contributed by atoms with E-state index in [0.717, 1.165) is 0 Å². The third kappa shape index (κ3) is 5.23. The second kappa shape index (κ2) is 6.48. The van der Waals surface area contributed by atoms with Crippen molar-refractivity contribution in [3.8, 4) is 5.75 Å². The summed E-state index contributed by atoms with van der Waals surface area (Å²) in [5.74, 6) is 0.0239. The summed E-state index contributed by atoms with van der Waals surface area (Å²) in [6, 6.07) is 4.20. The molecule has 1 rings (SSSR count). The summed E-state index contributed by atoms with van der Waals surface area (Å²) in [5.41, 5.74) is 5.69. The van der Waals surface area contributed by atoms with Crippen molar-refractivity contribution in [2.24, 2.45) is 10.9 Å². The summed E-state index contributed by atoms with van der Waals surface area (Å²) >= 11 is 5.82. The molecule has 1 aromatic carbocycles. The van der Waals surface area contributed by atoms with Crippen LogP contribution in [-0.4, -0.2) is 30.6 Å². The van der Waals surface area contributed by atoms with Gasteiger partial charge in [0.25, 0.3) is 0 Å². The first-order chi connectivity index (χ1) is 8.83. The van der Waals surface area contributed by atoms with Gasteiger partial charge in [-0.2, -0.15) is 0 Å². The highest BCUT2D eigenvalue weighted by atomic mass is 35.5. The lowest BCUT2D eigenvalue weighted by atomic mass is 10.2. The Labute approximate surface area is 111 Å². The van der Waals surface area contributed by atoms with E-state index in [0.29, 0.717) is 5.56 Å². The number of oxime groups is 1. The number of nitrogens with two attached hydrogens (primary N) is 1. The Morgan fingerprint density at radius 2 is 2.05 bits per heavy atom. The summed E-state index contributed by atoms with van der Waals surface area (Å²) in [6.45, 7) is -0.968. The van der Waals surface area contributed by atoms with Gasteiger partial charge in [-0.15, -0.1) is 13.2 Å². The van der Waals surface area contributed by atoms with E-state index in [-0.39, 0.29) is 23.2 Å². The molecule has 5 nitrogen and oxygen atoms in total. The van der Waals surface area contributed by atoms with Crippen molar-refractivity contribution in [1.29, 1.82) is 0 Å². The lowest BCUT2D eigenvalue weighted by molar-refractivity contribution is -0.325. The number of hydrogen-bond donors (Lipinski definition) is 2. The maximum Gasteiger partial charge on any atom is 0.522 e. The number of amidine groups is 1. The number of ether oxygens (including phenoxy) is 2. The van der Waals surface area contributed by atoms with Crippen LogP contribution in [0.3, 0.4) is 0 Å². The van der Waals surface area contributed by atoms with Crippen molar-refractivity contribution < 1.29 is 27.9 Å². The van der Waals surface area contributed by atoms with Gasteiger partial charge in [-0.1, -0.05) is 16.8 Å². The zero-order chi connectivity index (χ0) is 14.5. The van der Waals surface area contributed by atoms with Gasteiger partial charge in [-0.3, -0.25) is 4.74 Å². The van der Waals surface area contributed by atoms with Crippen LogP contribution in [-0.2, 0) is 4.74 Å². The Kier molecular flexibility index (Phi) is 5.25. The van der Waals surface area contributed by atoms with Gasteiger partial charge in [-0.25, -0.2) is 0 Å². The van der Waals surface area contributed by atoms with Crippen molar-refractivity contribution >= 4 is 17.4 Å². The number of nitrogens with zero attached hydrogens (tertiary/aromatic N) is 1. The van der Waals surface area contributed by atoms with Crippen molar-refractivity contribution in [1.82, 2.24) is 0 Å². The normalized spacial score (nSPS) is 12.5. The molecular formula is C10H10ClF3N2O3. The Hall–Kier alpha value is -1.67. The van der Waals surface area contributed by atoms with Crippen LogP contribution in [0.2, 0.25) is 5.02 Å². The first-order valence-electron chi connectivity index (χ1n) is 4.94. The second-order valence-electron chi connectivity index (χ2n) is 3.27. The van der Waals surface area contributed by atoms with Crippen molar-refractivity contribution in [3.05, 3.63) is 28.8 Å². The maximum atomic E-state index is 11.7. The molecule has 0 amide bonds. The van der Waals surface area contributed by atoms with Crippen LogP contribution in [0.4, 0.5) is 13.2 Å². The first kappa shape index (κ1) is 15.4. The van der Waals surface area contributed by atoms with Gasteiger partial charge in [-0.05, 0) is 18.2 Å². The molecule has 0 atom stereocenters. The molecule has 19 heavy (non-hydrogen) atoms. The predicted octanol–water partition coefficient (Wildman–Crippen LogP) is 2.35. The van der Waals surface area contributed by atoms with Gasteiger partial charge < -0.3 is 15.7 Å². The van der Waals surface area contributed by atoms with Crippen LogP contribution in [0, 0.1) is 0 Å². The standard InChI is InChI=1S/C10H10ClF3N2O3/c11-7-5-6(9(15)16-17)1-2-8(7)18-3-4-19-10(12,13)14/h1-2,5,17H,3-4H2,(H2,15,16). The van der Waals surface area contributed by atoms with E-state index in [1.807, 2.05) is 0 Å². The van der Waals surface area contributed by atoms with Gasteiger partial charge in [0.05, 0.1) is 11.6 Å². The van der Waals surface area contributed by atoms with Gasteiger partial charge in [0.2, 0.25) is 0 Å². The van der Waals surface area contributed by atoms with E-state index in [1.54, 1.807) is 0 Å². The minimum Gasteiger partial charge on any atom is -0.490 e. The number of alkyl halides is 3. The Morgan fingerprint density at radius 3 is 2.58 bits per heavy atom. The van der Waals surface area contributed by atoms with Crippen LogP contribution in [0.25, 0.3) is 0 Å². The number of halogens is 4. The van der Waals surface area contributed by atoms with Gasteiger partial charge >= 0.3 is 6.36 Å². The molecule has 0 saturated carbocycles. The Bertz CT molecular complexity index is 466. The SMILES string of the molecule is NC(=NO)c1ccc(OCCOC(F)(F)F)c(Cl)c1. The fraction of sp³-hybridized carbons (Fsp3) is 0.300. The van der Waals surface area contributed by atoms with E-state index >= 15 is 0 Å². The molecule has 9 heteroatoms. The molecule has 0 heterocycles. The van der Waals surface area contributed by atoms with E-state index in [9.17, 15) is 13.2 Å². The van der Waals surface area contributed by atoms with E-state index < -0.39 is 13.0 Å². The number of hydrogen-bond acceptors (Lipinski definition) is 4. The Balaban J connectivity index is 2.56. The van der Waals surface area contributed by atoms with E-state index in [4.69, 9.17) is 27.3 Å². The quantitative estimate of drug-likeness (QED) is 0.288. The summed E-state index contributed by atoms with van der Waals surface area (Å²) in [7, 11) is 0. The fourth-order valence-electron chi connectivity index (χ4n) is 1.14. The topological polar surface area (TPSA) is 77.1 Å². The minimum absolute atomic E-state index is 0.121. The van der Waals surface area contributed by atoms with Gasteiger partial charge in [0.15, 0.2) is 5.84 Å². The largest absolute Gasteiger partial charge is 0.522 e. The molecule has 0 bridgehead atoms. The van der Waals surface area contributed by atoms with E-state index in [1.165, 1.54) is 18.2 Å². The molecule has 0 aliphatic carbocycles. The van der Waals surface area contributed by atoms with Crippen LogP contribution in [0.1, 0.15) is 5.56 Å². The monoisotopic (exact) mass is 298 g/mol. The molecule has 3 N–H and O–H groups in total. The molecule has 0 aliphatic rings. The molecule has 0 radical (unpaired) electrons. The molecule has 1 aromatic rings. The zero-order valence-electron chi connectivity index (χ0n) is 9.45. The van der Waals surface area contributed by atoms with Gasteiger partial charge in [0.1, 0.15) is 12.4 Å². The Morgan fingerprint density at radius 1 is 1.37 bits per heavy atom. The van der Waals surface area contributed by atoms with Crippen LogP contribution < -0.4 is 10.5 Å². The lowest BCUT2D eigenvalue weighted by Crippen LogP contribution is -2.18. The van der Waals surface area contributed by atoms with E-state index in [2.05, 4.69) is 9.89 Å². The minimum atomic E-state index is -4.69. The number of benzene rings is 1. The summed E-state index contributed by atoms with van der Waals surface area (Å²) in [4.78, 5) is 0.